The maximum absolute atomic E-state index is 13.4. The largest absolute Gasteiger partial charge is 0.494 e. The van der Waals surface area contributed by atoms with Crippen LogP contribution >= 0.6 is 0 Å². The molecule has 1 aromatic rings. The number of halogens is 1. The average molecular weight is 211 g/mol. The van der Waals surface area contributed by atoms with E-state index in [9.17, 15) is 4.39 Å². The number of ether oxygens (including phenoxy) is 2. The molecule has 1 heterocycles. The summed E-state index contributed by atoms with van der Waals surface area (Å²) in [6.45, 7) is 2.65. The molecule has 0 aliphatic carbocycles. The van der Waals surface area contributed by atoms with Gasteiger partial charge in [0.15, 0.2) is 11.6 Å². The zero-order chi connectivity index (χ0) is 10.8. The zero-order valence-electron chi connectivity index (χ0n) is 8.79. The fourth-order valence-corrected chi connectivity index (χ4v) is 1.69. The van der Waals surface area contributed by atoms with E-state index in [0.29, 0.717) is 6.54 Å². The third-order valence-electron chi connectivity index (χ3n) is 2.51. The van der Waals surface area contributed by atoms with Gasteiger partial charge in [0.1, 0.15) is 6.23 Å². The summed E-state index contributed by atoms with van der Waals surface area (Å²) in [5, 5.41) is 3.14. The summed E-state index contributed by atoms with van der Waals surface area (Å²) in [7, 11) is 1.45. The van der Waals surface area contributed by atoms with Crippen LogP contribution in [0.25, 0.3) is 0 Å². The molecule has 2 atom stereocenters. The highest BCUT2D eigenvalue weighted by Gasteiger charge is 2.23. The summed E-state index contributed by atoms with van der Waals surface area (Å²) < 4.78 is 23.8. The summed E-state index contributed by atoms with van der Waals surface area (Å²) in [5.74, 6) is -0.0871. The van der Waals surface area contributed by atoms with E-state index < -0.39 is 0 Å². The van der Waals surface area contributed by atoms with Crippen molar-refractivity contribution in [2.45, 2.75) is 19.3 Å². The number of methoxy groups -OCH3 is 1. The van der Waals surface area contributed by atoms with Gasteiger partial charge in [0.2, 0.25) is 0 Å². The lowest BCUT2D eigenvalue weighted by Crippen LogP contribution is -2.17. The minimum atomic E-state index is -0.349. The van der Waals surface area contributed by atoms with Crippen LogP contribution in [0.15, 0.2) is 18.2 Å². The van der Waals surface area contributed by atoms with Gasteiger partial charge in [0, 0.05) is 6.54 Å². The summed E-state index contributed by atoms with van der Waals surface area (Å²) in [6.07, 6.45) is -0.0411. The highest BCUT2D eigenvalue weighted by Crippen LogP contribution is 2.26. The Bertz CT molecular complexity index is 356. The SMILES string of the molecule is COc1ccc(C2CNC(C)O2)cc1F. The van der Waals surface area contributed by atoms with Crippen molar-refractivity contribution < 1.29 is 13.9 Å². The van der Waals surface area contributed by atoms with E-state index >= 15 is 0 Å². The molecule has 0 aromatic heterocycles. The van der Waals surface area contributed by atoms with Gasteiger partial charge in [-0.1, -0.05) is 6.07 Å². The molecule has 2 unspecified atom stereocenters. The first-order chi connectivity index (χ1) is 7.20. The Morgan fingerprint density at radius 3 is 2.87 bits per heavy atom. The number of rotatable bonds is 2. The normalized spacial score (nSPS) is 25.5. The summed E-state index contributed by atoms with van der Waals surface area (Å²) in [5.41, 5.74) is 0.838. The molecule has 2 rings (SSSR count). The second-order valence-corrected chi connectivity index (χ2v) is 3.57. The Kier molecular flexibility index (Phi) is 2.88. The van der Waals surface area contributed by atoms with Crippen molar-refractivity contribution in [3.63, 3.8) is 0 Å². The predicted octanol–water partition coefficient (Wildman–Crippen LogP) is 1.84. The van der Waals surface area contributed by atoms with Gasteiger partial charge in [0.05, 0.1) is 13.2 Å². The highest BCUT2D eigenvalue weighted by atomic mass is 19.1. The quantitative estimate of drug-likeness (QED) is 0.809. The Labute approximate surface area is 88.2 Å². The van der Waals surface area contributed by atoms with Gasteiger partial charge in [0.25, 0.3) is 0 Å². The first-order valence-corrected chi connectivity index (χ1v) is 4.93. The molecule has 0 saturated carbocycles. The van der Waals surface area contributed by atoms with Crippen molar-refractivity contribution in [1.29, 1.82) is 0 Å². The Morgan fingerprint density at radius 2 is 2.33 bits per heavy atom. The maximum atomic E-state index is 13.4. The monoisotopic (exact) mass is 211 g/mol. The minimum Gasteiger partial charge on any atom is -0.494 e. The van der Waals surface area contributed by atoms with Crippen LogP contribution < -0.4 is 10.1 Å². The molecular formula is C11H14FNO2. The van der Waals surface area contributed by atoms with E-state index in [1.165, 1.54) is 13.2 Å². The number of hydrogen-bond donors (Lipinski definition) is 1. The van der Waals surface area contributed by atoms with Gasteiger partial charge in [-0.3, -0.25) is 5.32 Å². The Balaban J connectivity index is 2.19. The van der Waals surface area contributed by atoms with Gasteiger partial charge in [-0.25, -0.2) is 4.39 Å². The first kappa shape index (κ1) is 10.4. The Morgan fingerprint density at radius 1 is 1.53 bits per heavy atom. The second kappa shape index (κ2) is 4.16. The topological polar surface area (TPSA) is 30.5 Å². The van der Waals surface area contributed by atoms with E-state index in [1.807, 2.05) is 13.0 Å². The van der Waals surface area contributed by atoms with Crippen LogP contribution in [0.3, 0.4) is 0 Å². The van der Waals surface area contributed by atoms with Gasteiger partial charge in [-0.15, -0.1) is 0 Å². The lowest BCUT2D eigenvalue weighted by atomic mass is 10.1. The van der Waals surface area contributed by atoms with Crippen LogP contribution in [0.1, 0.15) is 18.6 Å². The van der Waals surface area contributed by atoms with Crippen molar-refractivity contribution in [3.05, 3.63) is 29.6 Å². The van der Waals surface area contributed by atoms with E-state index in [4.69, 9.17) is 9.47 Å². The minimum absolute atomic E-state index is 0.0279. The summed E-state index contributed by atoms with van der Waals surface area (Å²) in [6, 6.07) is 4.91. The molecule has 3 nitrogen and oxygen atoms in total. The fourth-order valence-electron chi connectivity index (χ4n) is 1.69. The van der Waals surface area contributed by atoms with Crippen LogP contribution in [0.2, 0.25) is 0 Å². The smallest absolute Gasteiger partial charge is 0.165 e. The fraction of sp³-hybridized carbons (Fsp3) is 0.455. The second-order valence-electron chi connectivity index (χ2n) is 3.57. The standard InChI is InChI=1S/C11H14FNO2/c1-7-13-6-11(15-7)8-3-4-10(14-2)9(12)5-8/h3-5,7,11,13H,6H2,1-2H3. The van der Waals surface area contributed by atoms with Crippen LogP contribution in [0.5, 0.6) is 5.75 Å². The van der Waals surface area contributed by atoms with Gasteiger partial charge in [-0.05, 0) is 24.6 Å². The van der Waals surface area contributed by atoms with Crippen LogP contribution in [-0.4, -0.2) is 19.9 Å². The van der Waals surface area contributed by atoms with Crippen molar-refractivity contribution in [1.82, 2.24) is 5.32 Å². The van der Waals surface area contributed by atoms with E-state index in [-0.39, 0.29) is 23.9 Å². The molecule has 1 aromatic carbocycles. The molecule has 1 aliphatic rings. The van der Waals surface area contributed by atoms with E-state index in [2.05, 4.69) is 5.32 Å². The molecule has 4 heteroatoms. The molecule has 82 valence electrons. The molecule has 15 heavy (non-hydrogen) atoms. The third kappa shape index (κ3) is 2.11. The van der Waals surface area contributed by atoms with Crippen molar-refractivity contribution >= 4 is 0 Å². The van der Waals surface area contributed by atoms with Crippen LogP contribution in [0, 0.1) is 5.82 Å². The van der Waals surface area contributed by atoms with E-state index in [1.54, 1.807) is 6.07 Å². The number of hydrogen-bond acceptors (Lipinski definition) is 3. The van der Waals surface area contributed by atoms with Crippen molar-refractivity contribution in [3.8, 4) is 5.75 Å². The van der Waals surface area contributed by atoms with Crippen LogP contribution in [-0.2, 0) is 4.74 Å². The Hall–Kier alpha value is -1.13. The molecular weight excluding hydrogens is 197 g/mol. The lowest BCUT2D eigenvalue weighted by molar-refractivity contribution is 0.0527. The average Bonchev–Trinajstić information content (AvgIpc) is 2.65. The highest BCUT2D eigenvalue weighted by molar-refractivity contribution is 5.30. The molecule has 0 bridgehead atoms. The predicted molar refractivity (Wildman–Crippen MR) is 54.2 cm³/mol. The molecule has 1 aliphatic heterocycles. The third-order valence-corrected chi connectivity index (χ3v) is 2.51. The molecule has 1 fully saturated rings. The van der Waals surface area contributed by atoms with E-state index in [0.717, 1.165) is 5.56 Å². The summed E-state index contributed by atoms with van der Waals surface area (Å²) in [4.78, 5) is 0. The molecule has 0 amide bonds. The van der Waals surface area contributed by atoms with Crippen LogP contribution in [0.4, 0.5) is 4.39 Å². The maximum Gasteiger partial charge on any atom is 0.165 e. The number of benzene rings is 1. The van der Waals surface area contributed by atoms with Gasteiger partial charge in [-0.2, -0.15) is 0 Å². The molecule has 1 saturated heterocycles. The summed E-state index contributed by atoms with van der Waals surface area (Å²) >= 11 is 0. The van der Waals surface area contributed by atoms with Crippen molar-refractivity contribution in [2.75, 3.05) is 13.7 Å². The lowest BCUT2D eigenvalue weighted by Gasteiger charge is -2.11. The molecule has 0 spiro atoms. The van der Waals surface area contributed by atoms with Crippen molar-refractivity contribution in [2.24, 2.45) is 0 Å². The van der Waals surface area contributed by atoms with Gasteiger partial charge < -0.3 is 9.47 Å². The first-order valence-electron chi connectivity index (χ1n) is 4.93. The number of nitrogens with one attached hydrogen (secondary N) is 1. The van der Waals surface area contributed by atoms with Gasteiger partial charge >= 0.3 is 0 Å². The molecule has 1 N–H and O–H groups in total. The molecule has 0 radical (unpaired) electrons. The zero-order valence-corrected chi connectivity index (χ0v) is 8.79.